The molecule has 31 heavy (non-hydrogen) atoms. The fourth-order valence-electron chi connectivity index (χ4n) is 3.43. The van der Waals surface area contributed by atoms with Gasteiger partial charge in [-0.3, -0.25) is 4.79 Å². The summed E-state index contributed by atoms with van der Waals surface area (Å²) < 4.78 is 1.95. The molecule has 3 rings (SSSR count). The van der Waals surface area contributed by atoms with Crippen molar-refractivity contribution < 1.29 is 0 Å². The van der Waals surface area contributed by atoms with Crippen molar-refractivity contribution in [2.24, 2.45) is 7.05 Å². The van der Waals surface area contributed by atoms with Gasteiger partial charge in [-0.25, -0.2) is 9.97 Å². The van der Waals surface area contributed by atoms with Crippen molar-refractivity contribution in [3.63, 3.8) is 0 Å². The summed E-state index contributed by atoms with van der Waals surface area (Å²) in [5, 5.41) is 1.58. The van der Waals surface area contributed by atoms with E-state index in [0.717, 1.165) is 34.3 Å². The molecule has 2 aromatic heterocycles. The van der Waals surface area contributed by atoms with Gasteiger partial charge in [-0.2, -0.15) is 4.98 Å². The molecule has 0 radical (unpaired) electrons. The average molecular weight is 457 g/mol. The highest BCUT2D eigenvalue weighted by molar-refractivity contribution is 7.99. The van der Waals surface area contributed by atoms with Crippen LogP contribution in [0.2, 0.25) is 5.02 Å². The lowest BCUT2D eigenvalue weighted by atomic mass is 10.1. The lowest BCUT2D eigenvalue weighted by molar-refractivity contribution is 0.609. The summed E-state index contributed by atoms with van der Waals surface area (Å²) in [5.41, 5.74) is 2.78. The van der Waals surface area contributed by atoms with Crippen molar-refractivity contribution in [3.8, 4) is 0 Å². The van der Waals surface area contributed by atoms with Gasteiger partial charge in [0, 0.05) is 48.4 Å². The van der Waals surface area contributed by atoms with Crippen LogP contribution in [0.1, 0.15) is 55.2 Å². The third-order valence-electron chi connectivity index (χ3n) is 5.14. The highest BCUT2D eigenvalue weighted by Gasteiger charge is 2.08. The fraction of sp³-hybridized carbons (Fsp3) is 0.417. The molecule has 0 fully saturated rings. The third kappa shape index (κ3) is 8.11. The normalized spacial score (nSPS) is 11.0. The molecule has 7 heteroatoms. The van der Waals surface area contributed by atoms with Gasteiger partial charge in [0.2, 0.25) is 0 Å². The smallest absolute Gasteiger partial charge is 0.277 e. The zero-order chi connectivity index (χ0) is 21.9. The first kappa shape index (κ1) is 23.5. The lowest BCUT2D eigenvalue weighted by Gasteiger charge is -2.09. The Morgan fingerprint density at radius 1 is 0.935 bits per heavy atom. The first-order chi connectivity index (χ1) is 15.1. The highest BCUT2D eigenvalue weighted by atomic mass is 35.5. The van der Waals surface area contributed by atoms with Gasteiger partial charge in [-0.05, 0) is 42.5 Å². The van der Waals surface area contributed by atoms with Gasteiger partial charge in [0.1, 0.15) is 6.33 Å². The molecule has 2 heterocycles. The molecule has 164 valence electrons. The summed E-state index contributed by atoms with van der Waals surface area (Å²) in [5.74, 6) is 0.983. The van der Waals surface area contributed by atoms with Crippen LogP contribution in [0.25, 0.3) is 0 Å². The molecule has 0 amide bonds. The molecule has 0 aliphatic carbocycles. The van der Waals surface area contributed by atoms with E-state index in [9.17, 15) is 4.79 Å². The van der Waals surface area contributed by atoms with Crippen molar-refractivity contribution in [1.29, 1.82) is 0 Å². The topological polar surface area (TPSA) is 60.7 Å². The summed E-state index contributed by atoms with van der Waals surface area (Å²) in [4.78, 5) is 24.6. The van der Waals surface area contributed by atoms with Crippen LogP contribution in [0.5, 0.6) is 0 Å². The van der Waals surface area contributed by atoms with E-state index in [1.165, 1.54) is 44.0 Å². The quantitative estimate of drug-likeness (QED) is 0.205. The van der Waals surface area contributed by atoms with Gasteiger partial charge in [0.25, 0.3) is 5.56 Å². The SMILES string of the molecule is Cn1cc(Cc2cncnc2)c(=O)nc1SCCCCCCCCc1ccc(Cl)cc1. The van der Waals surface area contributed by atoms with Crippen LogP contribution >= 0.6 is 23.4 Å². The van der Waals surface area contributed by atoms with Crippen LogP contribution in [0.4, 0.5) is 0 Å². The van der Waals surface area contributed by atoms with Crippen LogP contribution in [0.3, 0.4) is 0 Å². The number of thioether (sulfide) groups is 1. The van der Waals surface area contributed by atoms with Gasteiger partial charge in [0.05, 0.1) is 0 Å². The fourth-order valence-corrected chi connectivity index (χ4v) is 4.49. The molecule has 0 aliphatic rings. The summed E-state index contributed by atoms with van der Waals surface area (Å²) in [6.45, 7) is 0. The van der Waals surface area contributed by atoms with E-state index in [2.05, 4.69) is 27.1 Å². The predicted octanol–water partition coefficient (Wildman–Crippen LogP) is 5.49. The summed E-state index contributed by atoms with van der Waals surface area (Å²) in [6.07, 6.45) is 15.8. The molecule has 0 unspecified atom stereocenters. The molecule has 0 bridgehead atoms. The molecule has 0 spiro atoms. The van der Waals surface area contributed by atoms with E-state index in [4.69, 9.17) is 11.6 Å². The molecule has 0 saturated carbocycles. The maximum atomic E-state index is 12.4. The van der Waals surface area contributed by atoms with Crippen molar-refractivity contribution in [2.45, 2.75) is 56.5 Å². The number of hydrogen-bond acceptors (Lipinski definition) is 5. The molecule has 5 nitrogen and oxygen atoms in total. The maximum Gasteiger partial charge on any atom is 0.277 e. The summed E-state index contributed by atoms with van der Waals surface area (Å²) in [7, 11) is 1.94. The average Bonchev–Trinajstić information content (AvgIpc) is 2.77. The number of rotatable bonds is 12. The molecule has 0 N–H and O–H groups in total. The molecule has 3 aromatic rings. The highest BCUT2D eigenvalue weighted by Crippen LogP contribution is 2.18. The first-order valence-corrected chi connectivity index (χ1v) is 12.2. The molecular formula is C24H29ClN4OS. The lowest BCUT2D eigenvalue weighted by Crippen LogP contribution is -2.18. The van der Waals surface area contributed by atoms with Gasteiger partial charge in [0.15, 0.2) is 5.16 Å². The minimum Gasteiger partial charge on any atom is -0.330 e. The molecule has 0 saturated heterocycles. The minimum absolute atomic E-state index is 0.162. The van der Waals surface area contributed by atoms with Gasteiger partial charge >= 0.3 is 0 Å². The monoisotopic (exact) mass is 456 g/mol. The minimum atomic E-state index is -0.162. The second kappa shape index (κ2) is 12.6. The van der Waals surface area contributed by atoms with E-state index < -0.39 is 0 Å². The largest absolute Gasteiger partial charge is 0.330 e. The Balaban J connectivity index is 1.31. The second-order valence-electron chi connectivity index (χ2n) is 7.73. The summed E-state index contributed by atoms with van der Waals surface area (Å²) >= 11 is 7.58. The van der Waals surface area contributed by atoms with Crippen LogP contribution in [0, 0.1) is 0 Å². The van der Waals surface area contributed by atoms with Crippen LogP contribution in [-0.2, 0) is 19.9 Å². The van der Waals surface area contributed by atoms with E-state index in [0.29, 0.717) is 12.0 Å². The Kier molecular flexibility index (Phi) is 9.56. The number of unbranched alkanes of at least 4 members (excludes halogenated alkanes) is 5. The van der Waals surface area contributed by atoms with Crippen LogP contribution < -0.4 is 5.56 Å². The number of aromatic nitrogens is 4. The Morgan fingerprint density at radius 3 is 2.35 bits per heavy atom. The van der Waals surface area contributed by atoms with Gasteiger partial charge < -0.3 is 4.57 Å². The number of benzene rings is 1. The third-order valence-corrected chi connectivity index (χ3v) is 6.52. The van der Waals surface area contributed by atoms with E-state index in [1.54, 1.807) is 24.2 Å². The van der Waals surface area contributed by atoms with E-state index in [-0.39, 0.29) is 5.56 Å². The van der Waals surface area contributed by atoms with Crippen molar-refractivity contribution >= 4 is 23.4 Å². The first-order valence-electron chi connectivity index (χ1n) is 10.8. The zero-order valence-electron chi connectivity index (χ0n) is 18.0. The number of halogens is 1. The van der Waals surface area contributed by atoms with Gasteiger partial charge in [-0.1, -0.05) is 61.2 Å². The zero-order valence-corrected chi connectivity index (χ0v) is 19.5. The Labute approximate surface area is 193 Å². The molecule has 0 aliphatic heterocycles. The number of aryl methyl sites for hydroxylation is 2. The molecular weight excluding hydrogens is 428 g/mol. The Bertz CT molecular complexity index is 993. The van der Waals surface area contributed by atoms with E-state index in [1.807, 2.05) is 29.9 Å². The standard InChI is InChI=1S/C24H29ClN4OS/c1-29-17-21(14-20-15-26-18-27-16-20)23(30)28-24(29)31-13-7-5-3-2-4-6-8-19-9-11-22(25)12-10-19/h9-12,15-18H,2-8,13-14H2,1H3. The molecule has 1 aromatic carbocycles. The van der Waals surface area contributed by atoms with Crippen molar-refractivity contribution in [2.75, 3.05) is 5.75 Å². The van der Waals surface area contributed by atoms with Crippen LogP contribution in [-0.4, -0.2) is 25.3 Å². The van der Waals surface area contributed by atoms with Crippen LogP contribution in [0.15, 0.2) is 59.1 Å². The van der Waals surface area contributed by atoms with Crippen molar-refractivity contribution in [3.05, 3.63) is 81.3 Å². The number of nitrogens with zero attached hydrogens (tertiary/aromatic N) is 4. The van der Waals surface area contributed by atoms with Crippen molar-refractivity contribution in [1.82, 2.24) is 19.5 Å². The Morgan fingerprint density at radius 2 is 1.61 bits per heavy atom. The van der Waals surface area contributed by atoms with E-state index >= 15 is 0 Å². The number of hydrogen-bond donors (Lipinski definition) is 0. The summed E-state index contributed by atoms with van der Waals surface area (Å²) in [6, 6.07) is 8.16. The molecule has 0 atom stereocenters. The maximum absolute atomic E-state index is 12.4. The second-order valence-corrected chi connectivity index (χ2v) is 9.23. The predicted molar refractivity (Wildman–Crippen MR) is 128 cm³/mol. The van der Waals surface area contributed by atoms with Gasteiger partial charge in [-0.15, -0.1) is 0 Å². The Hall–Kier alpha value is -2.18.